The van der Waals surface area contributed by atoms with E-state index in [4.69, 9.17) is 14.9 Å². The van der Waals surface area contributed by atoms with E-state index >= 15 is 0 Å². The fourth-order valence-corrected chi connectivity index (χ4v) is 1.84. The van der Waals surface area contributed by atoms with Crippen LogP contribution < -0.4 is 15.8 Å². The van der Waals surface area contributed by atoms with Gasteiger partial charge in [-0.1, -0.05) is 12.1 Å². The Kier molecular flexibility index (Phi) is 5.00. The Labute approximate surface area is 124 Å². The summed E-state index contributed by atoms with van der Waals surface area (Å²) in [6, 6.07) is 11.0. The average molecular weight is 288 g/mol. The molecule has 1 heterocycles. The zero-order valence-corrected chi connectivity index (χ0v) is 12.2. The highest BCUT2D eigenvalue weighted by atomic mass is 16.5. The molecule has 0 aliphatic heterocycles. The second kappa shape index (κ2) is 6.95. The third-order valence-electron chi connectivity index (χ3n) is 3.10. The van der Waals surface area contributed by atoms with Crippen molar-refractivity contribution in [2.75, 3.05) is 0 Å². The number of nitrogens with one attached hydrogen (secondary N) is 1. The number of nitrogens with two attached hydrogens (primary N) is 1. The molecule has 0 saturated heterocycles. The van der Waals surface area contributed by atoms with Crippen molar-refractivity contribution in [2.45, 2.75) is 32.5 Å². The smallest absolute Gasteiger partial charge is 0.261 e. The molecule has 0 fully saturated rings. The van der Waals surface area contributed by atoms with E-state index in [1.54, 1.807) is 25.3 Å². The molecule has 112 valence electrons. The van der Waals surface area contributed by atoms with Crippen LogP contribution in [-0.4, -0.2) is 12.0 Å². The fraction of sp³-hybridized carbons (Fsp3) is 0.312. The Morgan fingerprint density at radius 1 is 1.29 bits per heavy atom. The first-order valence-electron chi connectivity index (χ1n) is 6.88. The molecular weight excluding hydrogens is 268 g/mol. The highest BCUT2D eigenvalue weighted by Gasteiger charge is 2.14. The van der Waals surface area contributed by atoms with Crippen LogP contribution in [0.25, 0.3) is 0 Å². The molecule has 2 atom stereocenters. The van der Waals surface area contributed by atoms with Crippen molar-refractivity contribution < 1.29 is 13.9 Å². The van der Waals surface area contributed by atoms with Crippen LogP contribution in [0.5, 0.6) is 5.75 Å². The number of rotatable bonds is 6. The Morgan fingerprint density at radius 3 is 2.57 bits per heavy atom. The molecular formula is C16H20N2O3. The predicted molar refractivity (Wildman–Crippen MR) is 79.7 cm³/mol. The first kappa shape index (κ1) is 15.1. The van der Waals surface area contributed by atoms with Gasteiger partial charge in [0.1, 0.15) is 11.5 Å². The highest BCUT2D eigenvalue weighted by Crippen LogP contribution is 2.17. The molecule has 2 rings (SSSR count). The van der Waals surface area contributed by atoms with Gasteiger partial charge in [0.05, 0.1) is 12.8 Å². The van der Waals surface area contributed by atoms with Gasteiger partial charge in [0, 0.05) is 6.04 Å². The third kappa shape index (κ3) is 4.36. The quantitative estimate of drug-likeness (QED) is 0.855. The minimum absolute atomic E-state index is 0.0203. The second-order valence-corrected chi connectivity index (χ2v) is 4.91. The Balaban J connectivity index is 1.85. The Bertz CT molecular complexity index is 562. The number of carbonyl (C=O) groups is 1. The van der Waals surface area contributed by atoms with Gasteiger partial charge in [0.25, 0.3) is 5.91 Å². The molecule has 0 aliphatic rings. The third-order valence-corrected chi connectivity index (χ3v) is 3.10. The second-order valence-electron chi connectivity index (χ2n) is 4.91. The maximum Gasteiger partial charge on any atom is 0.261 e. The van der Waals surface area contributed by atoms with Crippen LogP contribution in [0, 0.1) is 0 Å². The topological polar surface area (TPSA) is 77.5 Å². The number of carbonyl (C=O) groups excluding carboxylic acids is 1. The van der Waals surface area contributed by atoms with E-state index < -0.39 is 6.10 Å². The van der Waals surface area contributed by atoms with Gasteiger partial charge >= 0.3 is 0 Å². The summed E-state index contributed by atoms with van der Waals surface area (Å²) in [4.78, 5) is 11.9. The van der Waals surface area contributed by atoms with Crippen molar-refractivity contribution in [3.05, 3.63) is 54.0 Å². The average Bonchev–Trinajstić information content (AvgIpc) is 2.98. The van der Waals surface area contributed by atoms with Gasteiger partial charge < -0.3 is 20.2 Å². The summed E-state index contributed by atoms with van der Waals surface area (Å²) in [6.45, 7) is 3.97. The number of benzene rings is 1. The van der Waals surface area contributed by atoms with Crippen molar-refractivity contribution in [1.82, 2.24) is 5.32 Å². The lowest BCUT2D eigenvalue weighted by molar-refractivity contribution is -0.127. The van der Waals surface area contributed by atoms with Gasteiger partial charge in [-0.05, 0) is 43.7 Å². The summed E-state index contributed by atoms with van der Waals surface area (Å²) in [5.41, 5.74) is 6.81. The maximum absolute atomic E-state index is 11.9. The summed E-state index contributed by atoms with van der Waals surface area (Å²) in [6.07, 6.45) is 0.989. The number of hydrogen-bond donors (Lipinski definition) is 2. The summed E-state index contributed by atoms with van der Waals surface area (Å²) < 4.78 is 10.7. The molecule has 2 aromatic rings. The van der Waals surface area contributed by atoms with Gasteiger partial charge in [0.2, 0.25) is 0 Å². The van der Waals surface area contributed by atoms with Crippen LogP contribution in [0.3, 0.4) is 0 Å². The minimum Gasteiger partial charge on any atom is -0.481 e. The molecule has 1 aromatic heterocycles. The molecule has 5 nitrogen and oxygen atoms in total. The molecule has 0 bridgehead atoms. The number of amides is 1. The normalized spacial score (nSPS) is 13.5. The standard InChI is InChI=1S/C16H20N2O3/c1-11(17)13-5-7-14(8-6-13)21-12(2)16(19)18-10-15-4-3-9-20-15/h3-9,11-12H,10,17H2,1-2H3,(H,18,19)/t11-,12?/m0/s1. The van der Waals surface area contributed by atoms with Crippen molar-refractivity contribution in [3.8, 4) is 5.75 Å². The zero-order valence-electron chi connectivity index (χ0n) is 12.2. The van der Waals surface area contributed by atoms with E-state index in [9.17, 15) is 4.79 Å². The van der Waals surface area contributed by atoms with Gasteiger partial charge in [0.15, 0.2) is 6.10 Å². The van der Waals surface area contributed by atoms with Gasteiger partial charge in [-0.3, -0.25) is 4.79 Å². The summed E-state index contributed by atoms with van der Waals surface area (Å²) in [7, 11) is 0. The lowest BCUT2D eigenvalue weighted by atomic mass is 10.1. The molecule has 0 spiro atoms. The largest absolute Gasteiger partial charge is 0.481 e. The molecule has 5 heteroatoms. The molecule has 0 saturated carbocycles. The lowest BCUT2D eigenvalue weighted by Crippen LogP contribution is -2.35. The first-order valence-corrected chi connectivity index (χ1v) is 6.88. The van der Waals surface area contributed by atoms with Crippen LogP contribution in [-0.2, 0) is 11.3 Å². The molecule has 1 aromatic carbocycles. The van der Waals surface area contributed by atoms with E-state index in [0.717, 1.165) is 5.56 Å². The maximum atomic E-state index is 11.9. The highest BCUT2D eigenvalue weighted by molar-refractivity contribution is 5.80. The van der Waals surface area contributed by atoms with E-state index in [-0.39, 0.29) is 11.9 Å². The van der Waals surface area contributed by atoms with Crippen LogP contribution in [0.2, 0.25) is 0 Å². The molecule has 0 radical (unpaired) electrons. The summed E-state index contributed by atoms with van der Waals surface area (Å²) in [5.74, 6) is 1.15. The number of hydrogen-bond acceptors (Lipinski definition) is 4. The van der Waals surface area contributed by atoms with E-state index in [1.807, 2.05) is 31.2 Å². The lowest BCUT2D eigenvalue weighted by Gasteiger charge is -2.15. The van der Waals surface area contributed by atoms with Crippen molar-refractivity contribution in [1.29, 1.82) is 0 Å². The van der Waals surface area contributed by atoms with Gasteiger partial charge in [-0.15, -0.1) is 0 Å². The minimum atomic E-state index is -0.582. The van der Waals surface area contributed by atoms with Crippen LogP contribution in [0.1, 0.15) is 31.2 Å². The van der Waals surface area contributed by atoms with E-state index in [1.165, 1.54) is 0 Å². The van der Waals surface area contributed by atoms with E-state index in [0.29, 0.717) is 18.1 Å². The van der Waals surface area contributed by atoms with Crippen LogP contribution in [0.15, 0.2) is 47.1 Å². The zero-order chi connectivity index (χ0) is 15.2. The summed E-state index contributed by atoms with van der Waals surface area (Å²) >= 11 is 0. The molecule has 1 amide bonds. The van der Waals surface area contributed by atoms with Crippen molar-refractivity contribution >= 4 is 5.91 Å². The van der Waals surface area contributed by atoms with Crippen molar-refractivity contribution in [2.24, 2.45) is 5.73 Å². The number of ether oxygens (including phenoxy) is 1. The Hall–Kier alpha value is -2.27. The fourth-order valence-electron chi connectivity index (χ4n) is 1.84. The van der Waals surface area contributed by atoms with E-state index in [2.05, 4.69) is 5.32 Å². The predicted octanol–water partition coefficient (Wildman–Crippen LogP) is 2.38. The molecule has 3 N–H and O–H groups in total. The van der Waals surface area contributed by atoms with Crippen molar-refractivity contribution in [3.63, 3.8) is 0 Å². The van der Waals surface area contributed by atoms with Crippen LogP contribution >= 0.6 is 0 Å². The molecule has 0 aliphatic carbocycles. The monoisotopic (exact) mass is 288 g/mol. The Morgan fingerprint density at radius 2 is 2.00 bits per heavy atom. The first-order chi connectivity index (χ1) is 10.1. The molecule has 1 unspecified atom stereocenters. The number of furan rings is 1. The van der Waals surface area contributed by atoms with Gasteiger partial charge in [-0.2, -0.15) is 0 Å². The molecule has 21 heavy (non-hydrogen) atoms. The van der Waals surface area contributed by atoms with Crippen LogP contribution in [0.4, 0.5) is 0 Å². The van der Waals surface area contributed by atoms with Gasteiger partial charge in [-0.25, -0.2) is 0 Å². The summed E-state index contributed by atoms with van der Waals surface area (Å²) in [5, 5.41) is 2.76. The SMILES string of the molecule is CC(Oc1ccc([C@H](C)N)cc1)C(=O)NCc1ccco1.